The lowest BCUT2D eigenvalue weighted by Gasteiger charge is -2.13. The third-order valence-corrected chi connectivity index (χ3v) is 3.11. The van der Waals surface area contributed by atoms with E-state index in [1.165, 1.54) is 0 Å². The van der Waals surface area contributed by atoms with Gasteiger partial charge in [-0.2, -0.15) is 0 Å². The first-order chi connectivity index (χ1) is 8.65. The number of anilines is 1. The lowest BCUT2D eigenvalue weighted by atomic mass is 10.1. The first kappa shape index (κ1) is 12.9. The maximum atomic E-state index is 11.8. The molecule has 1 aromatic carbocycles. The largest absolute Gasteiger partial charge is 0.379 e. The predicted molar refractivity (Wildman–Crippen MR) is 71.8 cm³/mol. The highest BCUT2D eigenvalue weighted by molar-refractivity contribution is 5.79. The predicted octanol–water partition coefficient (Wildman–Crippen LogP) is 1.20. The van der Waals surface area contributed by atoms with Crippen molar-refractivity contribution in [2.75, 3.05) is 32.2 Å². The number of hydrogen-bond acceptors (Lipinski definition) is 3. The van der Waals surface area contributed by atoms with Gasteiger partial charge in [0.1, 0.15) is 0 Å². The number of carbonyl (C=O) groups excluding carboxylic acids is 1. The normalized spacial score (nSPS) is 18.7. The third kappa shape index (κ3) is 3.47. The summed E-state index contributed by atoms with van der Waals surface area (Å²) in [6.45, 7) is 1.40. The third-order valence-electron chi connectivity index (χ3n) is 3.11. The van der Waals surface area contributed by atoms with E-state index >= 15 is 0 Å². The molecule has 1 amide bonds. The Balaban J connectivity index is 1.86. The van der Waals surface area contributed by atoms with Crippen molar-refractivity contribution in [1.29, 1.82) is 0 Å². The summed E-state index contributed by atoms with van der Waals surface area (Å²) in [5.74, 6) is 0.0723. The van der Waals surface area contributed by atoms with Crippen LogP contribution in [-0.2, 0) is 16.0 Å². The van der Waals surface area contributed by atoms with Gasteiger partial charge < -0.3 is 15.0 Å². The van der Waals surface area contributed by atoms with Crippen LogP contribution >= 0.6 is 0 Å². The lowest BCUT2D eigenvalue weighted by Crippen LogP contribution is -2.36. The molecule has 98 valence electrons. The summed E-state index contributed by atoms with van der Waals surface area (Å²) in [6, 6.07) is 8.25. The van der Waals surface area contributed by atoms with Gasteiger partial charge >= 0.3 is 0 Å². The molecule has 1 atom stereocenters. The quantitative estimate of drug-likeness (QED) is 0.870. The lowest BCUT2D eigenvalue weighted by molar-refractivity contribution is -0.121. The highest BCUT2D eigenvalue weighted by atomic mass is 16.5. The molecule has 1 aliphatic rings. The van der Waals surface area contributed by atoms with E-state index in [1.54, 1.807) is 0 Å². The van der Waals surface area contributed by atoms with Crippen LogP contribution in [0.1, 0.15) is 12.0 Å². The highest BCUT2D eigenvalue weighted by Gasteiger charge is 2.17. The average Bonchev–Trinajstić information content (AvgIpc) is 2.82. The van der Waals surface area contributed by atoms with Crippen molar-refractivity contribution in [2.24, 2.45) is 0 Å². The Labute approximate surface area is 108 Å². The summed E-state index contributed by atoms with van der Waals surface area (Å²) >= 11 is 0. The molecule has 0 spiro atoms. The maximum Gasteiger partial charge on any atom is 0.224 e. The molecular formula is C14H20N2O2. The van der Waals surface area contributed by atoms with Crippen LogP contribution in [0.3, 0.4) is 0 Å². The van der Waals surface area contributed by atoms with Crippen LogP contribution in [0.5, 0.6) is 0 Å². The van der Waals surface area contributed by atoms with Crippen molar-refractivity contribution in [1.82, 2.24) is 5.32 Å². The molecule has 0 radical (unpaired) electrons. The van der Waals surface area contributed by atoms with Crippen molar-refractivity contribution < 1.29 is 9.53 Å². The molecule has 4 nitrogen and oxygen atoms in total. The van der Waals surface area contributed by atoms with Crippen LogP contribution < -0.4 is 10.2 Å². The van der Waals surface area contributed by atoms with E-state index in [1.807, 2.05) is 43.3 Å². The Kier molecular flexibility index (Phi) is 4.20. The minimum absolute atomic E-state index is 0.0723. The smallest absolute Gasteiger partial charge is 0.224 e. The first-order valence-corrected chi connectivity index (χ1v) is 6.28. The molecular weight excluding hydrogens is 228 g/mol. The van der Waals surface area contributed by atoms with Crippen LogP contribution in [0.15, 0.2) is 24.3 Å². The van der Waals surface area contributed by atoms with Crippen molar-refractivity contribution in [2.45, 2.75) is 18.9 Å². The van der Waals surface area contributed by atoms with E-state index < -0.39 is 0 Å². The van der Waals surface area contributed by atoms with Gasteiger partial charge in [0.05, 0.1) is 19.1 Å². The molecule has 1 fully saturated rings. The summed E-state index contributed by atoms with van der Waals surface area (Å²) < 4.78 is 5.23. The van der Waals surface area contributed by atoms with Gasteiger partial charge in [-0.3, -0.25) is 4.79 Å². The van der Waals surface area contributed by atoms with Gasteiger partial charge in [0, 0.05) is 26.4 Å². The summed E-state index contributed by atoms with van der Waals surface area (Å²) in [6.07, 6.45) is 1.36. The van der Waals surface area contributed by atoms with E-state index in [2.05, 4.69) is 5.32 Å². The second-order valence-corrected chi connectivity index (χ2v) is 4.87. The Morgan fingerprint density at radius 1 is 1.39 bits per heavy atom. The molecule has 0 bridgehead atoms. The SMILES string of the molecule is CN(C)c1ccc(CC(=O)N[C@@H]2CCOC2)cc1. The van der Waals surface area contributed by atoms with Gasteiger partial charge in [-0.15, -0.1) is 0 Å². The van der Waals surface area contributed by atoms with Crippen LogP contribution in [0.2, 0.25) is 0 Å². The average molecular weight is 248 g/mol. The van der Waals surface area contributed by atoms with Gasteiger partial charge in [0.25, 0.3) is 0 Å². The zero-order valence-electron chi connectivity index (χ0n) is 11.0. The van der Waals surface area contributed by atoms with Gasteiger partial charge in [-0.1, -0.05) is 12.1 Å². The summed E-state index contributed by atoms with van der Waals surface area (Å²) in [5, 5.41) is 2.99. The van der Waals surface area contributed by atoms with Crippen molar-refractivity contribution in [3.8, 4) is 0 Å². The number of benzene rings is 1. The van der Waals surface area contributed by atoms with E-state index in [9.17, 15) is 4.79 Å². The zero-order valence-corrected chi connectivity index (χ0v) is 11.0. The molecule has 0 aromatic heterocycles. The number of nitrogens with zero attached hydrogens (tertiary/aromatic N) is 1. The van der Waals surface area contributed by atoms with Crippen molar-refractivity contribution in [3.63, 3.8) is 0 Å². The number of hydrogen-bond donors (Lipinski definition) is 1. The Bertz CT molecular complexity index is 395. The number of nitrogens with one attached hydrogen (secondary N) is 1. The minimum atomic E-state index is 0.0723. The maximum absolute atomic E-state index is 11.8. The summed E-state index contributed by atoms with van der Waals surface area (Å²) in [4.78, 5) is 13.9. The van der Waals surface area contributed by atoms with Gasteiger partial charge in [-0.05, 0) is 24.1 Å². The van der Waals surface area contributed by atoms with Gasteiger partial charge in [0.15, 0.2) is 0 Å². The van der Waals surface area contributed by atoms with Crippen LogP contribution in [-0.4, -0.2) is 39.3 Å². The Morgan fingerprint density at radius 3 is 2.67 bits per heavy atom. The number of carbonyl (C=O) groups is 1. The second kappa shape index (κ2) is 5.87. The fraction of sp³-hybridized carbons (Fsp3) is 0.500. The monoisotopic (exact) mass is 248 g/mol. The summed E-state index contributed by atoms with van der Waals surface area (Å²) in [7, 11) is 4.00. The number of amides is 1. The van der Waals surface area contributed by atoms with Gasteiger partial charge in [0.2, 0.25) is 5.91 Å². The Morgan fingerprint density at radius 2 is 2.11 bits per heavy atom. The van der Waals surface area contributed by atoms with Gasteiger partial charge in [-0.25, -0.2) is 0 Å². The zero-order chi connectivity index (χ0) is 13.0. The summed E-state index contributed by atoms with van der Waals surface area (Å²) in [5.41, 5.74) is 2.18. The molecule has 4 heteroatoms. The Hall–Kier alpha value is -1.55. The standard InChI is InChI=1S/C14H20N2O2/c1-16(2)13-5-3-11(4-6-13)9-14(17)15-12-7-8-18-10-12/h3-6,12H,7-10H2,1-2H3,(H,15,17)/t12-/m1/s1. The second-order valence-electron chi connectivity index (χ2n) is 4.87. The van der Waals surface area contributed by atoms with E-state index in [4.69, 9.17) is 4.74 Å². The van der Waals surface area contributed by atoms with E-state index in [-0.39, 0.29) is 11.9 Å². The molecule has 2 rings (SSSR count). The van der Waals surface area contributed by atoms with E-state index in [0.717, 1.165) is 24.3 Å². The van der Waals surface area contributed by atoms with Crippen LogP contribution in [0, 0.1) is 0 Å². The molecule has 1 aliphatic heterocycles. The fourth-order valence-electron chi connectivity index (χ4n) is 2.02. The minimum Gasteiger partial charge on any atom is -0.379 e. The van der Waals surface area contributed by atoms with E-state index in [0.29, 0.717) is 13.0 Å². The molecule has 0 saturated carbocycles. The highest BCUT2D eigenvalue weighted by Crippen LogP contribution is 2.12. The topological polar surface area (TPSA) is 41.6 Å². The molecule has 1 aromatic rings. The fourth-order valence-corrected chi connectivity index (χ4v) is 2.02. The van der Waals surface area contributed by atoms with Crippen LogP contribution in [0.4, 0.5) is 5.69 Å². The molecule has 18 heavy (non-hydrogen) atoms. The molecule has 1 heterocycles. The van der Waals surface area contributed by atoms with Crippen molar-refractivity contribution >= 4 is 11.6 Å². The van der Waals surface area contributed by atoms with Crippen molar-refractivity contribution in [3.05, 3.63) is 29.8 Å². The molecule has 1 saturated heterocycles. The number of rotatable bonds is 4. The van der Waals surface area contributed by atoms with Crippen LogP contribution in [0.25, 0.3) is 0 Å². The first-order valence-electron chi connectivity index (χ1n) is 6.28. The molecule has 0 unspecified atom stereocenters. The molecule has 0 aliphatic carbocycles. The molecule has 1 N–H and O–H groups in total. The number of ether oxygens (including phenoxy) is 1.